The van der Waals surface area contributed by atoms with Gasteiger partial charge in [0, 0.05) is 45.5 Å². The molecule has 3 heterocycles. The predicted molar refractivity (Wildman–Crippen MR) is 131 cm³/mol. The molecule has 0 aromatic carbocycles. The van der Waals surface area contributed by atoms with E-state index in [2.05, 4.69) is 28.6 Å². The summed E-state index contributed by atoms with van der Waals surface area (Å²) in [5, 5.41) is 9.69. The number of carboxylic acids is 1. The van der Waals surface area contributed by atoms with Crippen LogP contribution in [-0.2, 0) is 10.0 Å². The van der Waals surface area contributed by atoms with Gasteiger partial charge in [-0.1, -0.05) is 13.3 Å². The third-order valence-electron chi connectivity index (χ3n) is 6.04. The first kappa shape index (κ1) is 25.8. The highest BCUT2D eigenvalue weighted by Gasteiger charge is 2.27. The number of nitrogens with zero attached hydrogens (tertiary/aromatic N) is 5. The molecule has 0 atom stereocenters. The van der Waals surface area contributed by atoms with E-state index in [1.165, 1.54) is 11.4 Å². The molecule has 1 aliphatic heterocycles. The van der Waals surface area contributed by atoms with Gasteiger partial charge in [0.05, 0.1) is 24.2 Å². The largest absolute Gasteiger partial charge is 0.486 e. The van der Waals surface area contributed by atoms with Gasteiger partial charge in [-0.05, 0) is 26.3 Å². The van der Waals surface area contributed by atoms with Crippen LogP contribution < -0.4 is 19.5 Å². The van der Waals surface area contributed by atoms with Gasteiger partial charge in [0.2, 0.25) is 15.8 Å². The summed E-state index contributed by atoms with van der Waals surface area (Å²) in [6.45, 7) is 9.43. The molecule has 188 valence electrons. The molecule has 1 aliphatic rings. The number of carbonyl (C=O) groups is 1. The Balaban J connectivity index is 2.22. The molecule has 1 fully saturated rings. The average molecular weight is 496 g/mol. The zero-order valence-corrected chi connectivity index (χ0v) is 21.1. The van der Waals surface area contributed by atoms with Crippen LogP contribution in [0.25, 0.3) is 5.65 Å². The molecule has 34 heavy (non-hydrogen) atoms. The second-order valence-corrected chi connectivity index (χ2v) is 10.7. The van der Waals surface area contributed by atoms with Crippen LogP contribution in [0.2, 0.25) is 0 Å². The summed E-state index contributed by atoms with van der Waals surface area (Å²) in [5.74, 6) is -1.78. The Labute approximate surface area is 199 Å². The number of unbranched alkanes of at least 4 members (excludes halogenated alkanes) is 1. The number of aromatic nitrogens is 2. The maximum Gasteiger partial charge on any atom is 0.358 e. The number of aromatic carboxylic acids is 1. The predicted octanol–water partition coefficient (Wildman–Crippen LogP) is 1.50. The van der Waals surface area contributed by atoms with Crippen molar-refractivity contribution in [3.8, 4) is 5.75 Å². The molecule has 0 unspecified atom stereocenters. The van der Waals surface area contributed by atoms with E-state index in [-0.39, 0.29) is 23.7 Å². The number of anilines is 2. The topological polar surface area (TPSA) is 125 Å². The molecule has 1 saturated heterocycles. The molecule has 0 bridgehead atoms. The number of piperazine rings is 1. The summed E-state index contributed by atoms with van der Waals surface area (Å²) < 4.78 is 32.5. The van der Waals surface area contributed by atoms with Crippen molar-refractivity contribution >= 4 is 33.0 Å². The standard InChI is InChI=1S/C22H33N5O6S/c1-6-7-12-33-19-18(22(29)30)23-20-17(24(4)34(5,31)32)13-16(14-27(20)21(19)28)26-10-8-25(9-11-26)15(2)3/h13-15H,6-12H2,1-5H3,(H,29,30). The van der Waals surface area contributed by atoms with Crippen LogP contribution in [0.5, 0.6) is 5.75 Å². The van der Waals surface area contributed by atoms with Gasteiger partial charge in [-0.3, -0.25) is 18.4 Å². The smallest absolute Gasteiger partial charge is 0.358 e. The molecule has 11 nitrogen and oxygen atoms in total. The van der Waals surface area contributed by atoms with Gasteiger partial charge in [-0.2, -0.15) is 0 Å². The van der Waals surface area contributed by atoms with Crippen molar-refractivity contribution in [3.63, 3.8) is 0 Å². The molecule has 3 rings (SSSR count). The Morgan fingerprint density at radius 1 is 1.26 bits per heavy atom. The summed E-state index contributed by atoms with van der Waals surface area (Å²) in [6.07, 6.45) is 4.06. The quantitative estimate of drug-likeness (QED) is 0.515. The fourth-order valence-electron chi connectivity index (χ4n) is 3.87. The second kappa shape index (κ2) is 10.2. The lowest BCUT2D eigenvalue weighted by Gasteiger charge is -2.38. The van der Waals surface area contributed by atoms with Gasteiger partial charge in [-0.25, -0.2) is 18.2 Å². The van der Waals surface area contributed by atoms with Crippen molar-refractivity contribution in [1.82, 2.24) is 14.3 Å². The molecular formula is C22H33N5O6S. The molecule has 2 aromatic rings. The summed E-state index contributed by atoms with van der Waals surface area (Å²) in [4.78, 5) is 33.9. The lowest BCUT2D eigenvalue weighted by Crippen LogP contribution is -2.49. The Bertz CT molecular complexity index is 1220. The highest BCUT2D eigenvalue weighted by atomic mass is 32.2. The van der Waals surface area contributed by atoms with E-state index in [4.69, 9.17) is 4.74 Å². The second-order valence-electron chi connectivity index (χ2n) is 8.73. The lowest BCUT2D eigenvalue weighted by molar-refractivity contribution is 0.0685. The fourth-order valence-corrected chi connectivity index (χ4v) is 4.36. The van der Waals surface area contributed by atoms with Crippen LogP contribution in [-0.4, -0.2) is 85.9 Å². The van der Waals surface area contributed by atoms with E-state index in [9.17, 15) is 23.1 Å². The molecule has 12 heteroatoms. The van der Waals surface area contributed by atoms with Gasteiger partial charge in [-0.15, -0.1) is 0 Å². The van der Waals surface area contributed by atoms with Crippen molar-refractivity contribution in [1.29, 1.82) is 0 Å². The van der Waals surface area contributed by atoms with Gasteiger partial charge in [0.15, 0.2) is 11.3 Å². The first-order valence-electron chi connectivity index (χ1n) is 11.3. The number of hydrogen-bond acceptors (Lipinski definition) is 8. The van der Waals surface area contributed by atoms with Crippen LogP contribution in [0.15, 0.2) is 17.1 Å². The van der Waals surface area contributed by atoms with Crippen LogP contribution in [0, 0.1) is 0 Å². The van der Waals surface area contributed by atoms with Gasteiger partial charge in [0.1, 0.15) is 0 Å². The summed E-state index contributed by atoms with van der Waals surface area (Å²) in [5.41, 5.74) is -0.534. The van der Waals surface area contributed by atoms with Crippen molar-refractivity contribution in [3.05, 3.63) is 28.3 Å². The molecule has 0 saturated carbocycles. The fraction of sp³-hybridized carbons (Fsp3) is 0.591. The third kappa shape index (κ3) is 5.27. The molecule has 0 amide bonds. The number of hydrogen-bond donors (Lipinski definition) is 1. The number of ether oxygens (including phenoxy) is 1. The maximum absolute atomic E-state index is 13.4. The van der Waals surface area contributed by atoms with Gasteiger partial charge < -0.3 is 14.7 Å². The number of carboxylic acid groups (broad SMARTS) is 1. The number of pyridine rings is 1. The average Bonchev–Trinajstić information content (AvgIpc) is 2.78. The van der Waals surface area contributed by atoms with E-state index < -0.39 is 27.2 Å². The van der Waals surface area contributed by atoms with Gasteiger partial charge in [0.25, 0.3) is 0 Å². The van der Waals surface area contributed by atoms with E-state index in [0.717, 1.165) is 30.1 Å². The zero-order valence-electron chi connectivity index (χ0n) is 20.3. The highest BCUT2D eigenvalue weighted by Crippen LogP contribution is 2.29. The Hall–Kier alpha value is -2.86. The lowest BCUT2D eigenvalue weighted by atomic mass is 10.2. The third-order valence-corrected chi connectivity index (χ3v) is 7.23. The van der Waals surface area contributed by atoms with E-state index in [1.54, 1.807) is 12.3 Å². The van der Waals surface area contributed by atoms with Gasteiger partial charge >= 0.3 is 11.5 Å². The number of fused-ring (bicyclic) bond motifs is 1. The number of sulfonamides is 1. The molecule has 2 aromatic heterocycles. The van der Waals surface area contributed by atoms with Crippen LogP contribution >= 0.6 is 0 Å². The minimum Gasteiger partial charge on any atom is -0.486 e. The summed E-state index contributed by atoms with van der Waals surface area (Å²) in [6, 6.07) is 2.05. The van der Waals surface area contributed by atoms with Crippen molar-refractivity contribution in [2.75, 3.05) is 55.3 Å². The van der Waals surface area contributed by atoms with E-state index in [1.807, 2.05) is 6.92 Å². The summed E-state index contributed by atoms with van der Waals surface area (Å²) in [7, 11) is -2.37. The van der Waals surface area contributed by atoms with Crippen LogP contribution in [0.3, 0.4) is 0 Å². The minimum absolute atomic E-state index is 0.0669. The first-order chi connectivity index (χ1) is 16.0. The Morgan fingerprint density at radius 3 is 2.44 bits per heavy atom. The summed E-state index contributed by atoms with van der Waals surface area (Å²) >= 11 is 0. The molecule has 1 N–H and O–H groups in total. The monoisotopic (exact) mass is 495 g/mol. The number of rotatable bonds is 9. The van der Waals surface area contributed by atoms with Crippen molar-refractivity contribution in [2.45, 2.75) is 39.7 Å². The van der Waals surface area contributed by atoms with Crippen molar-refractivity contribution in [2.24, 2.45) is 0 Å². The zero-order chi connectivity index (χ0) is 25.2. The Kier molecular flexibility index (Phi) is 7.71. The normalized spacial score (nSPS) is 15.2. The van der Waals surface area contributed by atoms with Crippen LogP contribution in [0.4, 0.5) is 11.4 Å². The SMILES string of the molecule is CCCCOc1c(C(=O)O)nc2c(N(C)S(C)(=O)=O)cc(N3CCN(C(C)C)CC3)cn2c1=O. The highest BCUT2D eigenvalue weighted by molar-refractivity contribution is 7.92. The minimum atomic E-state index is -3.72. The molecular weight excluding hydrogens is 462 g/mol. The molecule has 0 spiro atoms. The van der Waals surface area contributed by atoms with E-state index in [0.29, 0.717) is 31.2 Å². The van der Waals surface area contributed by atoms with Crippen LogP contribution in [0.1, 0.15) is 44.1 Å². The molecule has 0 radical (unpaired) electrons. The molecule has 0 aliphatic carbocycles. The van der Waals surface area contributed by atoms with Crippen molar-refractivity contribution < 1.29 is 23.1 Å². The Morgan fingerprint density at radius 2 is 1.91 bits per heavy atom. The maximum atomic E-state index is 13.4. The first-order valence-corrected chi connectivity index (χ1v) is 13.2. The van der Waals surface area contributed by atoms with E-state index >= 15 is 0 Å².